The average molecular weight is 154 g/mol. The van der Waals surface area contributed by atoms with Gasteiger partial charge in [-0.15, -0.1) is 0 Å². The van der Waals surface area contributed by atoms with E-state index in [1.54, 1.807) is 26.0 Å². The lowest BCUT2D eigenvalue weighted by molar-refractivity contribution is 0.199. The molecule has 1 rings (SSSR count). The maximum Gasteiger partial charge on any atom is 0.126 e. The molecule has 0 aromatic heterocycles. The van der Waals surface area contributed by atoms with E-state index in [1.165, 1.54) is 6.07 Å². The molecule has 0 fully saturated rings. The fourth-order valence-electron chi connectivity index (χ4n) is 0.928. The number of benzene rings is 1. The highest BCUT2D eigenvalue weighted by Gasteiger charge is 2.02. The Hall–Kier alpha value is -0.890. The molecule has 1 aromatic rings. The van der Waals surface area contributed by atoms with Crippen LogP contribution in [0.1, 0.15) is 24.2 Å². The van der Waals surface area contributed by atoms with Gasteiger partial charge in [-0.1, -0.05) is 12.1 Å². The molecule has 2 heteroatoms. The second-order valence-electron chi connectivity index (χ2n) is 2.68. The van der Waals surface area contributed by atoms with Crippen LogP contribution in [-0.4, -0.2) is 5.11 Å². The molecule has 0 saturated heterocycles. The number of aliphatic hydroxyl groups excluding tert-OH is 1. The van der Waals surface area contributed by atoms with E-state index in [4.69, 9.17) is 5.11 Å². The Kier molecular flexibility index (Phi) is 2.25. The van der Waals surface area contributed by atoms with E-state index in [9.17, 15) is 4.39 Å². The van der Waals surface area contributed by atoms with Gasteiger partial charge in [0.15, 0.2) is 0 Å². The van der Waals surface area contributed by atoms with Gasteiger partial charge in [-0.05, 0) is 31.0 Å². The summed E-state index contributed by atoms with van der Waals surface area (Å²) < 4.78 is 12.7. The minimum Gasteiger partial charge on any atom is -0.389 e. The fraction of sp³-hybridized carbons (Fsp3) is 0.333. The molecule has 0 amide bonds. The first-order chi connectivity index (χ1) is 5.11. The van der Waals surface area contributed by atoms with Crippen molar-refractivity contribution in [3.63, 3.8) is 0 Å². The molecule has 1 N–H and O–H groups in total. The van der Waals surface area contributed by atoms with Gasteiger partial charge in [0, 0.05) is 0 Å². The highest BCUT2D eigenvalue weighted by molar-refractivity contribution is 5.25. The van der Waals surface area contributed by atoms with Crippen molar-refractivity contribution in [1.29, 1.82) is 0 Å². The predicted molar refractivity (Wildman–Crippen MR) is 41.8 cm³/mol. The molecule has 0 heterocycles. The van der Waals surface area contributed by atoms with Gasteiger partial charge in [0.05, 0.1) is 6.10 Å². The summed E-state index contributed by atoms with van der Waals surface area (Å²) in [6, 6.07) is 4.62. The summed E-state index contributed by atoms with van der Waals surface area (Å²) in [7, 11) is 0. The molecule has 0 bridgehead atoms. The molecule has 60 valence electrons. The van der Waals surface area contributed by atoms with E-state index < -0.39 is 6.10 Å². The van der Waals surface area contributed by atoms with Gasteiger partial charge in [0.25, 0.3) is 0 Å². The Bertz CT molecular complexity index is 256. The molecular weight excluding hydrogens is 143 g/mol. The van der Waals surface area contributed by atoms with E-state index >= 15 is 0 Å². The van der Waals surface area contributed by atoms with Crippen LogP contribution in [0, 0.1) is 12.7 Å². The van der Waals surface area contributed by atoms with Crippen molar-refractivity contribution in [2.24, 2.45) is 0 Å². The van der Waals surface area contributed by atoms with E-state index in [1.807, 2.05) is 0 Å². The predicted octanol–water partition coefficient (Wildman–Crippen LogP) is 2.19. The lowest BCUT2D eigenvalue weighted by atomic mass is 10.1. The van der Waals surface area contributed by atoms with Crippen LogP contribution in [0.5, 0.6) is 0 Å². The first kappa shape index (κ1) is 8.21. The topological polar surface area (TPSA) is 20.2 Å². The van der Waals surface area contributed by atoms with E-state index in [-0.39, 0.29) is 5.82 Å². The molecule has 0 aliphatic carbocycles. The Morgan fingerprint density at radius 3 is 2.55 bits per heavy atom. The van der Waals surface area contributed by atoms with Crippen LogP contribution in [0.25, 0.3) is 0 Å². The third-order valence-corrected chi connectivity index (χ3v) is 1.66. The molecule has 0 unspecified atom stereocenters. The standard InChI is InChI=1S/C9H11FO/c1-6-5-8(7(2)11)3-4-9(6)10/h3-5,7,11H,1-2H3/t7-/m0/s1. The number of aliphatic hydroxyl groups is 1. The summed E-state index contributed by atoms with van der Waals surface area (Å²) in [5.41, 5.74) is 1.33. The largest absolute Gasteiger partial charge is 0.389 e. The van der Waals surface area contributed by atoms with Crippen LogP contribution in [0.2, 0.25) is 0 Å². The quantitative estimate of drug-likeness (QED) is 0.657. The zero-order valence-corrected chi connectivity index (χ0v) is 6.63. The molecule has 0 saturated carbocycles. The molecule has 1 nitrogen and oxygen atoms in total. The summed E-state index contributed by atoms with van der Waals surface area (Å²) >= 11 is 0. The minimum absolute atomic E-state index is 0.227. The van der Waals surface area contributed by atoms with Gasteiger partial charge in [-0.2, -0.15) is 0 Å². The highest BCUT2D eigenvalue weighted by atomic mass is 19.1. The summed E-state index contributed by atoms with van der Waals surface area (Å²) in [6.07, 6.45) is -0.519. The monoisotopic (exact) mass is 154 g/mol. The second-order valence-corrected chi connectivity index (χ2v) is 2.68. The molecule has 0 aliphatic heterocycles. The first-order valence-corrected chi connectivity index (χ1v) is 3.55. The molecule has 11 heavy (non-hydrogen) atoms. The number of aryl methyl sites for hydroxylation is 1. The van der Waals surface area contributed by atoms with Crippen LogP contribution in [0.3, 0.4) is 0 Å². The van der Waals surface area contributed by atoms with Crippen molar-refractivity contribution < 1.29 is 9.50 Å². The van der Waals surface area contributed by atoms with Gasteiger partial charge in [-0.25, -0.2) is 4.39 Å². The zero-order valence-electron chi connectivity index (χ0n) is 6.63. The minimum atomic E-state index is -0.519. The number of halogens is 1. The summed E-state index contributed by atoms with van der Waals surface area (Å²) in [5.74, 6) is -0.227. The number of hydrogen-bond acceptors (Lipinski definition) is 1. The van der Waals surface area contributed by atoms with Gasteiger partial charge in [0.1, 0.15) is 5.82 Å². The van der Waals surface area contributed by atoms with Crippen molar-refractivity contribution >= 4 is 0 Å². The third kappa shape index (κ3) is 1.77. The molecular formula is C9H11FO. The Labute approximate surface area is 65.5 Å². The Balaban J connectivity index is 3.05. The summed E-state index contributed by atoms with van der Waals surface area (Å²) in [5, 5.41) is 9.12. The molecule has 0 radical (unpaired) electrons. The summed E-state index contributed by atoms with van der Waals surface area (Å²) in [6.45, 7) is 3.34. The summed E-state index contributed by atoms with van der Waals surface area (Å²) in [4.78, 5) is 0. The van der Waals surface area contributed by atoms with E-state index in [0.29, 0.717) is 5.56 Å². The van der Waals surface area contributed by atoms with Gasteiger partial charge in [0.2, 0.25) is 0 Å². The Morgan fingerprint density at radius 1 is 1.45 bits per heavy atom. The maximum atomic E-state index is 12.7. The Morgan fingerprint density at radius 2 is 2.09 bits per heavy atom. The molecule has 0 spiro atoms. The van der Waals surface area contributed by atoms with Crippen LogP contribution in [0.4, 0.5) is 4.39 Å². The lowest BCUT2D eigenvalue weighted by Crippen LogP contribution is -1.92. The smallest absolute Gasteiger partial charge is 0.126 e. The molecule has 1 aromatic carbocycles. The highest BCUT2D eigenvalue weighted by Crippen LogP contribution is 2.15. The van der Waals surface area contributed by atoms with Crippen molar-refractivity contribution in [2.75, 3.05) is 0 Å². The zero-order chi connectivity index (χ0) is 8.43. The van der Waals surface area contributed by atoms with E-state index in [2.05, 4.69) is 0 Å². The SMILES string of the molecule is Cc1cc([C@H](C)O)ccc1F. The number of rotatable bonds is 1. The first-order valence-electron chi connectivity index (χ1n) is 3.55. The van der Waals surface area contributed by atoms with Crippen molar-refractivity contribution in [1.82, 2.24) is 0 Å². The second kappa shape index (κ2) is 3.01. The van der Waals surface area contributed by atoms with Crippen LogP contribution < -0.4 is 0 Å². The van der Waals surface area contributed by atoms with Gasteiger partial charge < -0.3 is 5.11 Å². The maximum absolute atomic E-state index is 12.7. The van der Waals surface area contributed by atoms with Crippen LogP contribution in [0.15, 0.2) is 18.2 Å². The number of hydrogen-bond donors (Lipinski definition) is 1. The van der Waals surface area contributed by atoms with Gasteiger partial charge in [-0.3, -0.25) is 0 Å². The molecule has 1 atom stereocenters. The molecule has 0 aliphatic rings. The fourth-order valence-corrected chi connectivity index (χ4v) is 0.928. The lowest BCUT2D eigenvalue weighted by Gasteiger charge is -2.05. The van der Waals surface area contributed by atoms with Crippen LogP contribution >= 0.6 is 0 Å². The van der Waals surface area contributed by atoms with Crippen molar-refractivity contribution in [3.05, 3.63) is 35.1 Å². The van der Waals surface area contributed by atoms with E-state index in [0.717, 1.165) is 5.56 Å². The average Bonchev–Trinajstić information content (AvgIpc) is 1.94. The third-order valence-electron chi connectivity index (χ3n) is 1.66. The van der Waals surface area contributed by atoms with Gasteiger partial charge >= 0.3 is 0 Å². The van der Waals surface area contributed by atoms with Crippen molar-refractivity contribution in [2.45, 2.75) is 20.0 Å². The normalized spacial score (nSPS) is 13.1. The van der Waals surface area contributed by atoms with Crippen molar-refractivity contribution in [3.8, 4) is 0 Å². The van der Waals surface area contributed by atoms with Crippen LogP contribution in [-0.2, 0) is 0 Å².